The fraction of sp³-hybridized carbons (Fsp3) is 0. The van der Waals surface area contributed by atoms with Gasteiger partial charge >= 0.3 is 5.96 Å². The SMILES string of the molecule is O=S(=O)(Nc1c(F)cccc1F)C1=C[N+]2(O)C=C(O)C=NC2=N1. The van der Waals surface area contributed by atoms with Crippen molar-refractivity contribution in [1.29, 1.82) is 0 Å². The Morgan fingerprint density at radius 3 is 2.48 bits per heavy atom. The minimum absolute atomic E-state index is 0.350. The van der Waals surface area contributed by atoms with E-state index >= 15 is 0 Å². The molecular formula is C12H9F2N4O4S+. The summed E-state index contributed by atoms with van der Waals surface area (Å²) in [5.41, 5.74) is -0.871. The zero-order chi connectivity index (χ0) is 16.8. The molecule has 2 aliphatic rings. The Balaban J connectivity index is 2.00. The number of sulfonamides is 1. The number of anilines is 1. The molecule has 8 nitrogen and oxygen atoms in total. The predicted octanol–water partition coefficient (Wildman–Crippen LogP) is 1.56. The van der Waals surface area contributed by atoms with Crippen LogP contribution >= 0.6 is 0 Å². The topological polar surface area (TPSA) is 111 Å². The number of halogens is 2. The highest BCUT2D eigenvalue weighted by Gasteiger charge is 2.43. The molecule has 0 saturated carbocycles. The Kier molecular flexibility index (Phi) is 3.28. The highest BCUT2D eigenvalue weighted by molar-refractivity contribution is 7.96. The molecule has 1 aromatic carbocycles. The van der Waals surface area contributed by atoms with Crippen LogP contribution < -0.4 is 4.72 Å². The number of quaternary nitrogens is 1. The van der Waals surface area contributed by atoms with Gasteiger partial charge in [0, 0.05) is 0 Å². The number of hydroxylamine groups is 3. The molecule has 0 fully saturated rings. The molecule has 0 aromatic heterocycles. The first-order chi connectivity index (χ1) is 10.7. The van der Waals surface area contributed by atoms with E-state index in [-0.39, 0.29) is 5.96 Å². The Labute approximate surface area is 128 Å². The van der Waals surface area contributed by atoms with Crippen LogP contribution in [0.5, 0.6) is 0 Å². The van der Waals surface area contributed by atoms with E-state index in [1.54, 1.807) is 4.72 Å². The van der Waals surface area contributed by atoms with Crippen molar-refractivity contribution in [3.8, 4) is 0 Å². The van der Waals surface area contributed by atoms with Crippen LogP contribution in [0.15, 0.2) is 51.4 Å². The largest absolute Gasteiger partial charge is 0.502 e. The number of nitrogens with zero attached hydrogens (tertiary/aromatic N) is 3. The first-order valence-corrected chi connectivity index (χ1v) is 7.56. The Bertz CT molecular complexity index is 903. The molecule has 0 aliphatic carbocycles. The summed E-state index contributed by atoms with van der Waals surface area (Å²) in [5, 5.41) is 18.7. The number of aliphatic imine (C=N–C) groups is 2. The van der Waals surface area contributed by atoms with Crippen molar-refractivity contribution < 1.29 is 32.2 Å². The van der Waals surface area contributed by atoms with E-state index in [4.69, 9.17) is 0 Å². The van der Waals surface area contributed by atoms with Crippen LogP contribution in [-0.2, 0) is 10.0 Å². The molecule has 1 atom stereocenters. The lowest BCUT2D eigenvalue weighted by Gasteiger charge is -2.17. The second-order valence-electron chi connectivity index (χ2n) is 4.63. The molecule has 0 radical (unpaired) electrons. The van der Waals surface area contributed by atoms with Crippen LogP contribution in [0.1, 0.15) is 0 Å². The molecule has 0 saturated heterocycles. The first-order valence-electron chi connectivity index (χ1n) is 6.07. The normalized spacial score (nSPS) is 23.0. The summed E-state index contributed by atoms with van der Waals surface area (Å²) >= 11 is 0. The van der Waals surface area contributed by atoms with Gasteiger partial charge in [0.15, 0.2) is 18.2 Å². The molecule has 120 valence electrons. The van der Waals surface area contributed by atoms with Crippen LogP contribution in [-0.4, -0.2) is 35.6 Å². The van der Waals surface area contributed by atoms with Gasteiger partial charge in [-0.3, -0.25) is 4.72 Å². The molecule has 1 aromatic rings. The molecule has 2 aliphatic heterocycles. The van der Waals surface area contributed by atoms with Crippen molar-refractivity contribution >= 4 is 27.9 Å². The van der Waals surface area contributed by atoms with Crippen molar-refractivity contribution in [1.82, 2.24) is 0 Å². The van der Waals surface area contributed by atoms with E-state index in [1.165, 1.54) is 0 Å². The van der Waals surface area contributed by atoms with Gasteiger partial charge in [0.25, 0.3) is 10.0 Å². The predicted molar refractivity (Wildman–Crippen MR) is 75.7 cm³/mol. The molecule has 0 bridgehead atoms. The molecule has 11 heteroatoms. The zero-order valence-corrected chi connectivity index (χ0v) is 12.0. The second-order valence-corrected chi connectivity index (χ2v) is 6.26. The lowest BCUT2D eigenvalue weighted by atomic mass is 10.3. The zero-order valence-electron chi connectivity index (χ0n) is 11.2. The molecule has 1 unspecified atom stereocenters. The van der Waals surface area contributed by atoms with Gasteiger partial charge in [0.1, 0.15) is 17.3 Å². The van der Waals surface area contributed by atoms with Gasteiger partial charge in [-0.1, -0.05) is 10.7 Å². The van der Waals surface area contributed by atoms with Crippen molar-refractivity contribution in [3.63, 3.8) is 0 Å². The fourth-order valence-corrected chi connectivity index (χ4v) is 2.99. The van der Waals surface area contributed by atoms with Crippen LogP contribution in [0.2, 0.25) is 0 Å². The van der Waals surface area contributed by atoms with Gasteiger partial charge in [-0.25, -0.2) is 8.78 Å². The average Bonchev–Trinajstić information content (AvgIpc) is 2.80. The fourth-order valence-electron chi connectivity index (χ4n) is 1.92. The molecule has 3 N–H and O–H groups in total. The Morgan fingerprint density at radius 2 is 1.83 bits per heavy atom. The van der Waals surface area contributed by atoms with Gasteiger partial charge in [-0.05, 0) is 12.1 Å². The van der Waals surface area contributed by atoms with E-state index < -0.39 is 42.8 Å². The first kappa shape index (κ1) is 15.3. The standard InChI is InChI=1S/C12H8F2N4O4S/c13-8-2-1-3-9(14)11(8)17-23(21,22)10-6-18(20)5-7(19)4-15-12(18)16-10/h1-6,17,20H/p+1. The molecule has 0 spiro atoms. The average molecular weight is 343 g/mol. The number of fused-ring (bicyclic) bond motifs is 1. The number of aliphatic hydroxyl groups excluding tert-OH is 1. The highest BCUT2D eigenvalue weighted by Crippen LogP contribution is 2.29. The van der Waals surface area contributed by atoms with E-state index in [1.807, 2.05) is 0 Å². The lowest BCUT2D eigenvalue weighted by molar-refractivity contribution is -0.945. The minimum Gasteiger partial charge on any atom is -0.502 e. The maximum Gasteiger partial charge on any atom is 0.373 e. The summed E-state index contributed by atoms with van der Waals surface area (Å²) in [6.45, 7) is 0. The number of allylic oxidation sites excluding steroid dienone is 1. The molecule has 2 heterocycles. The van der Waals surface area contributed by atoms with Crippen LogP contribution in [0.3, 0.4) is 0 Å². The summed E-state index contributed by atoms with van der Waals surface area (Å²) in [5.74, 6) is -2.98. The van der Waals surface area contributed by atoms with Crippen molar-refractivity contribution in [2.24, 2.45) is 9.98 Å². The van der Waals surface area contributed by atoms with E-state index in [0.29, 0.717) is 0 Å². The summed E-state index contributed by atoms with van der Waals surface area (Å²) < 4.78 is 51.9. The molecule has 0 amide bonds. The van der Waals surface area contributed by atoms with Crippen molar-refractivity contribution in [2.75, 3.05) is 4.72 Å². The quantitative estimate of drug-likeness (QED) is 0.723. The lowest BCUT2D eigenvalue weighted by Crippen LogP contribution is -2.39. The van der Waals surface area contributed by atoms with Crippen LogP contribution in [0.25, 0.3) is 0 Å². The summed E-state index contributed by atoms with van der Waals surface area (Å²) in [4.78, 5) is 7.18. The summed E-state index contributed by atoms with van der Waals surface area (Å²) in [7, 11) is -4.49. The molecule has 23 heavy (non-hydrogen) atoms. The van der Waals surface area contributed by atoms with E-state index in [2.05, 4.69) is 9.98 Å². The minimum atomic E-state index is -4.49. The Hall–Kier alpha value is -2.63. The van der Waals surface area contributed by atoms with Crippen LogP contribution in [0, 0.1) is 11.6 Å². The molecular weight excluding hydrogens is 334 g/mol. The van der Waals surface area contributed by atoms with E-state index in [9.17, 15) is 27.5 Å². The maximum absolute atomic E-state index is 13.5. The van der Waals surface area contributed by atoms with Gasteiger partial charge in [0.05, 0.1) is 6.21 Å². The van der Waals surface area contributed by atoms with Gasteiger partial charge in [-0.15, -0.1) is 0 Å². The maximum atomic E-state index is 13.5. The van der Waals surface area contributed by atoms with E-state index in [0.717, 1.165) is 36.8 Å². The third kappa shape index (κ3) is 2.60. The Morgan fingerprint density at radius 1 is 1.17 bits per heavy atom. The summed E-state index contributed by atoms with van der Waals surface area (Å²) in [6, 6.07) is 2.84. The highest BCUT2D eigenvalue weighted by atomic mass is 32.2. The van der Waals surface area contributed by atoms with Crippen molar-refractivity contribution in [3.05, 3.63) is 53.0 Å². The van der Waals surface area contributed by atoms with Crippen molar-refractivity contribution in [2.45, 2.75) is 0 Å². The van der Waals surface area contributed by atoms with Gasteiger partial charge < -0.3 is 5.11 Å². The van der Waals surface area contributed by atoms with Gasteiger partial charge in [-0.2, -0.15) is 23.6 Å². The smallest absolute Gasteiger partial charge is 0.373 e. The third-order valence-electron chi connectivity index (χ3n) is 2.95. The number of nitrogens with one attached hydrogen (secondary N) is 1. The number of guanidine groups is 1. The summed E-state index contributed by atoms with van der Waals surface area (Å²) in [6.07, 6.45) is 2.57. The second kappa shape index (κ2) is 4.94. The molecule has 3 rings (SSSR count). The number of hydrogen-bond donors (Lipinski definition) is 3. The van der Waals surface area contributed by atoms with Crippen LogP contribution in [0.4, 0.5) is 14.5 Å². The number of hydrogen-bond acceptors (Lipinski definition) is 6. The number of aliphatic hydroxyl groups is 1. The third-order valence-corrected chi connectivity index (χ3v) is 4.17. The monoisotopic (exact) mass is 343 g/mol. The van der Waals surface area contributed by atoms with Gasteiger partial charge in [0.2, 0.25) is 5.03 Å². The number of para-hydroxylation sites is 1. The number of benzene rings is 1. The number of rotatable bonds is 3.